The first-order valence-electron chi connectivity index (χ1n) is 7.86. The van der Waals surface area contributed by atoms with Crippen molar-refractivity contribution in [2.75, 3.05) is 6.54 Å². The largest absolute Gasteiger partial charge is 0.350 e. The third-order valence-electron chi connectivity index (χ3n) is 4.99. The molecule has 0 radical (unpaired) electrons. The van der Waals surface area contributed by atoms with Crippen molar-refractivity contribution >= 4 is 5.91 Å². The fourth-order valence-corrected chi connectivity index (χ4v) is 3.34. The van der Waals surface area contributed by atoms with Crippen LogP contribution < -0.4 is 5.32 Å². The number of nitrogens with zero attached hydrogens (tertiary/aromatic N) is 2. The summed E-state index contributed by atoms with van der Waals surface area (Å²) in [6.07, 6.45) is 2.93. The van der Waals surface area contributed by atoms with Gasteiger partial charge in [0.1, 0.15) is 5.69 Å². The van der Waals surface area contributed by atoms with Gasteiger partial charge in [-0.05, 0) is 30.4 Å². The summed E-state index contributed by atoms with van der Waals surface area (Å²) in [6, 6.07) is 12.3. The van der Waals surface area contributed by atoms with Crippen LogP contribution in [0.5, 0.6) is 0 Å². The van der Waals surface area contributed by atoms with Crippen LogP contribution >= 0.6 is 0 Å². The van der Waals surface area contributed by atoms with E-state index in [9.17, 15) is 4.79 Å². The summed E-state index contributed by atoms with van der Waals surface area (Å²) < 4.78 is 1.77. The molecule has 4 nitrogen and oxygen atoms in total. The Morgan fingerprint density at radius 3 is 2.50 bits per heavy atom. The van der Waals surface area contributed by atoms with Crippen LogP contribution in [0.25, 0.3) is 0 Å². The molecule has 1 N–H and O–H groups in total. The number of nitrogens with one attached hydrogen (secondary N) is 1. The van der Waals surface area contributed by atoms with Gasteiger partial charge in [0.15, 0.2) is 0 Å². The molecule has 0 unspecified atom stereocenters. The minimum Gasteiger partial charge on any atom is -0.350 e. The molecule has 0 aliphatic heterocycles. The van der Waals surface area contributed by atoms with E-state index in [1.807, 2.05) is 19.2 Å². The van der Waals surface area contributed by atoms with E-state index in [0.717, 1.165) is 13.0 Å². The lowest BCUT2D eigenvalue weighted by atomic mass is 9.88. The number of hydrogen-bond acceptors (Lipinski definition) is 2. The molecule has 1 aliphatic rings. The van der Waals surface area contributed by atoms with Crippen molar-refractivity contribution in [2.24, 2.45) is 5.41 Å². The van der Waals surface area contributed by atoms with Crippen molar-refractivity contribution in [3.05, 3.63) is 53.9 Å². The molecule has 22 heavy (non-hydrogen) atoms. The zero-order valence-corrected chi connectivity index (χ0v) is 13.5. The summed E-state index contributed by atoms with van der Waals surface area (Å²) in [6.45, 7) is 7.96. The second-order valence-corrected chi connectivity index (χ2v) is 6.75. The molecule has 1 fully saturated rings. The first-order valence-corrected chi connectivity index (χ1v) is 7.86. The maximum absolute atomic E-state index is 12.3. The zero-order chi connectivity index (χ0) is 15.8. The Bertz CT molecular complexity index is 675. The highest BCUT2D eigenvalue weighted by molar-refractivity contribution is 5.92. The van der Waals surface area contributed by atoms with Gasteiger partial charge in [-0.15, -0.1) is 0 Å². The Balaban J connectivity index is 1.73. The Kier molecular flexibility index (Phi) is 3.55. The van der Waals surface area contributed by atoms with Gasteiger partial charge in [0.05, 0.1) is 0 Å². The fourth-order valence-electron chi connectivity index (χ4n) is 3.34. The van der Waals surface area contributed by atoms with Gasteiger partial charge in [0.25, 0.3) is 5.91 Å². The third kappa shape index (κ3) is 2.43. The molecule has 0 spiro atoms. The maximum atomic E-state index is 12.3. The summed E-state index contributed by atoms with van der Waals surface area (Å²) >= 11 is 0. The number of benzene rings is 1. The first-order chi connectivity index (χ1) is 10.5. The smallest absolute Gasteiger partial charge is 0.271 e. The van der Waals surface area contributed by atoms with E-state index in [1.165, 1.54) is 5.56 Å². The molecule has 1 amide bonds. The normalized spacial score (nSPS) is 22.3. The number of hydrogen-bond donors (Lipinski definition) is 1. The molecule has 116 valence electrons. The second-order valence-electron chi connectivity index (χ2n) is 6.75. The molecule has 1 aromatic carbocycles. The molecule has 1 atom stereocenters. The standard InChI is InChI=1S/C18H23N3O/c1-4-21-11-10-15(20-21)16(22)19-13-18(12-17(18,2)3)14-8-6-5-7-9-14/h5-11H,4,12-13H2,1-3H3,(H,19,22)/t18-/m0/s1. The van der Waals surface area contributed by atoms with E-state index in [4.69, 9.17) is 0 Å². The van der Waals surface area contributed by atoms with E-state index in [1.54, 1.807) is 10.7 Å². The summed E-state index contributed by atoms with van der Waals surface area (Å²) in [4.78, 5) is 12.3. The Hall–Kier alpha value is -2.10. The van der Waals surface area contributed by atoms with Crippen molar-refractivity contribution in [1.82, 2.24) is 15.1 Å². The van der Waals surface area contributed by atoms with Crippen molar-refractivity contribution in [1.29, 1.82) is 0 Å². The van der Waals surface area contributed by atoms with Crippen LogP contribution in [-0.4, -0.2) is 22.2 Å². The number of carbonyl (C=O) groups excluding carboxylic acids is 1. The fraction of sp³-hybridized carbons (Fsp3) is 0.444. The van der Waals surface area contributed by atoms with Gasteiger partial charge in [-0.3, -0.25) is 9.48 Å². The summed E-state index contributed by atoms with van der Waals surface area (Å²) in [5.41, 5.74) is 2.05. The van der Waals surface area contributed by atoms with Crippen LogP contribution in [0.15, 0.2) is 42.6 Å². The molecule has 1 saturated carbocycles. The highest BCUT2D eigenvalue weighted by Gasteiger charge is 2.61. The lowest BCUT2D eigenvalue weighted by molar-refractivity contribution is 0.0942. The van der Waals surface area contributed by atoms with Crippen LogP contribution in [0.3, 0.4) is 0 Å². The van der Waals surface area contributed by atoms with Crippen LogP contribution in [0.2, 0.25) is 0 Å². The maximum Gasteiger partial charge on any atom is 0.271 e. The lowest BCUT2D eigenvalue weighted by Gasteiger charge is -2.21. The average molecular weight is 297 g/mol. The Morgan fingerprint density at radius 2 is 1.95 bits per heavy atom. The topological polar surface area (TPSA) is 46.9 Å². The molecule has 0 bridgehead atoms. The third-order valence-corrected chi connectivity index (χ3v) is 4.99. The molecule has 0 saturated heterocycles. The number of carbonyl (C=O) groups is 1. The molecule has 1 heterocycles. The molecule has 1 aromatic heterocycles. The minimum atomic E-state index is -0.0924. The zero-order valence-electron chi connectivity index (χ0n) is 13.5. The van der Waals surface area contributed by atoms with Gasteiger partial charge in [0.2, 0.25) is 0 Å². The van der Waals surface area contributed by atoms with Crippen LogP contribution in [0.1, 0.15) is 43.2 Å². The summed E-state index contributed by atoms with van der Waals surface area (Å²) in [5.74, 6) is -0.0924. The Morgan fingerprint density at radius 1 is 1.27 bits per heavy atom. The molecular weight excluding hydrogens is 274 g/mol. The molecule has 2 aromatic rings. The van der Waals surface area contributed by atoms with Gasteiger partial charge < -0.3 is 5.32 Å². The molecule has 1 aliphatic carbocycles. The number of aryl methyl sites for hydroxylation is 1. The van der Waals surface area contributed by atoms with E-state index in [-0.39, 0.29) is 16.7 Å². The number of aromatic nitrogens is 2. The van der Waals surface area contributed by atoms with Crippen molar-refractivity contribution in [2.45, 2.75) is 39.2 Å². The number of rotatable bonds is 5. The lowest BCUT2D eigenvalue weighted by Crippen LogP contribution is -2.35. The van der Waals surface area contributed by atoms with Crippen molar-refractivity contribution in [3.63, 3.8) is 0 Å². The molecule has 4 heteroatoms. The summed E-state index contributed by atoms with van der Waals surface area (Å²) in [7, 11) is 0. The second kappa shape index (κ2) is 5.27. The quantitative estimate of drug-likeness (QED) is 0.922. The van der Waals surface area contributed by atoms with Gasteiger partial charge >= 0.3 is 0 Å². The predicted octanol–water partition coefficient (Wildman–Crippen LogP) is 3.00. The van der Waals surface area contributed by atoms with Crippen molar-refractivity contribution < 1.29 is 4.79 Å². The van der Waals surface area contributed by atoms with Crippen LogP contribution in [0.4, 0.5) is 0 Å². The van der Waals surface area contributed by atoms with Gasteiger partial charge in [-0.1, -0.05) is 44.2 Å². The van der Waals surface area contributed by atoms with Gasteiger partial charge in [0, 0.05) is 24.7 Å². The average Bonchev–Trinajstić information content (AvgIpc) is 2.90. The van der Waals surface area contributed by atoms with Crippen LogP contribution in [-0.2, 0) is 12.0 Å². The van der Waals surface area contributed by atoms with E-state index in [2.05, 4.69) is 48.5 Å². The highest BCUT2D eigenvalue weighted by atomic mass is 16.1. The van der Waals surface area contributed by atoms with Gasteiger partial charge in [-0.2, -0.15) is 5.10 Å². The van der Waals surface area contributed by atoms with Crippen molar-refractivity contribution in [3.8, 4) is 0 Å². The minimum absolute atomic E-state index is 0.0389. The first kappa shape index (κ1) is 14.8. The molecular formula is C18H23N3O. The summed E-state index contributed by atoms with van der Waals surface area (Å²) in [5, 5.41) is 7.34. The predicted molar refractivity (Wildman–Crippen MR) is 86.8 cm³/mol. The SMILES string of the molecule is CCn1ccc(C(=O)NC[C@]2(c3ccccc3)CC2(C)C)n1. The van der Waals surface area contributed by atoms with Crippen LogP contribution in [0, 0.1) is 5.41 Å². The van der Waals surface area contributed by atoms with E-state index in [0.29, 0.717) is 12.2 Å². The van der Waals surface area contributed by atoms with E-state index < -0.39 is 0 Å². The highest BCUT2D eigenvalue weighted by Crippen LogP contribution is 2.63. The monoisotopic (exact) mass is 297 g/mol. The van der Waals surface area contributed by atoms with Gasteiger partial charge in [-0.25, -0.2) is 0 Å². The number of amides is 1. The van der Waals surface area contributed by atoms with E-state index >= 15 is 0 Å². The molecule has 3 rings (SSSR count). The Labute approximate surface area is 131 Å².